The lowest BCUT2D eigenvalue weighted by Crippen LogP contribution is -2.27. The van der Waals surface area contributed by atoms with Crippen LogP contribution in [-0.2, 0) is 9.53 Å². The van der Waals surface area contributed by atoms with Gasteiger partial charge in [-0.1, -0.05) is 26.8 Å². The van der Waals surface area contributed by atoms with Crippen molar-refractivity contribution in [1.82, 2.24) is 0 Å². The van der Waals surface area contributed by atoms with Gasteiger partial charge in [0.05, 0.1) is 7.11 Å². The second kappa shape index (κ2) is 5.83. The lowest BCUT2D eigenvalue weighted by Gasteiger charge is -2.33. The van der Waals surface area contributed by atoms with Crippen LogP contribution in [-0.4, -0.2) is 24.3 Å². The topological polar surface area (TPSA) is 55.8 Å². The minimum atomic E-state index is -0.306. The largest absolute Gasteiger partial charge is 0.504 e. The van der Waals surface area contributed by atoms with Crippen molar-refractivity contribution in [1.29, 1.82) is 0 Å². The van der Waals surface area contributed by atoms with Crippen molar-refractivity contribution in [3.8, 4) is 11.5 Å². The van der Waals surface area contributed by atoms with Crippen LogP contribution in [0.5, 0.6) is 11.5 Å². The molecule has 0 saturated heterocycles. The highest BCUT2D eigenvalue weighted by molar-refractivity contribution is 5.87. The van der Waals surface area contributed by atoms with Gasteiger partial charge in [-0.2, -0.15) is 0 Å². The van der Waals surface area contributed by atoms with Crippen LogP contribution < -0.4 is 4.74 Å². The number of hydrogen-bond donors (Lipinski definition) is 1. The van der Waals surface area contributed by atoms with Gasteiger partial charge in [0.1, 0.15) is 6.10 Å². The van der Waals surface area contributed by atoms with E-state index >= 15 is 0 Å². The zero-order chi connectivity index (χ0) is 17.5. The number of aromatic hydroxyl groups is 1. The summed E-state index contributed by atoms with van der Waals surface area (Å²) >= 11 is 0. The van der Waals surface area contributed by atoms with Crippen molar-refractivity contribution in [2.75, 3.05) is 7.11 Å². The molecule has 24 heavy (non-hydrogen) atoms. The molecule has 0 amide bonds. The predicted molar refractivity (Wildman–Crippen MR) is 92.8 cm³/mol. The Morgan fingerprint density at radius 2 is 2.08 bits per heavy atom. The molecule has 1 aromatic rings. The molecular formula is C20H26O4. The second-order valence-corrected chi connectivity index (χ2v) is 7.87. The number of methoxy groups -OCH3 is 1. The van der Waals surface area contributed by atoms with Crippen molar-refractivity contribution in [3.05, 3.63) is 29.8 Å². The van der Waals surface area contributed by atoms with Gasteiger partial charge in [0.15, 0.2) is 11.5 Å². The molecule has 4 heteroatoms. The number of carbonyl (C=O) groups is 1. The summed E-state index contributed by atoms with van der Waals surface area (Å²) in [5.74, 6) is 0.607. The third kappa shape index (κ3) is 2.68. The molecular weight excluding hydrogens is 304 g/mol. The predicted octanol–water partition coefficient (Wildman–Crippen LogP) is 4.17. The second-order valence-electron chi connectivity index (χ2n) is 7.87. The first-order chi connectivity index (χ1) is 11.3. The van der Waals surface area contributed by atoms with Gasteiger partial charge in [-0.25, -0.2) is 4.79 Å². The molecule has 2 fully saturated rings. The Labute approximate surface area is 143 Å². The first kappa shape index (κ1) is 16.9. The fourth-order valence-corrected chi connectivity index (χ4v) is 4.48. The molecule has 2 bridgehead atoms. The Bertz CT molecular complexity index is 673. The molecule has 1 aromatic carbocycles. The van der Waals surface area contributed by atoms with Crippen molar-refractivity contribution in [2.45, 2.75) is 46.1 Å². The molecule has 0 aliphatic heterocycles. The number of carbonyl (C=O) groups excluding carboxylic acids is 1. The van der Waals surface area contributed by atoms with Crippen LogP contribution in [0.15, 0.2) is 24.3 Å². The standard InChI is InChI=1S/C20H26O4/c1-19(2)14-9-10-20(19,3)12-17(14)24-18(22)8-6-13-5-7-15(21)16(11-13)23-4/h5-8,11,14,17,21H,9-10,12H2,1-4H3/t14-,17-,20+/m1/s1. The summed E-state index contributed by atoms with van der Waals surface area (Å²) in [5.41, 5.74) is 1.28. The SMILES string of the molecule is COc1cc(C=CC(=O)O[C@@H]2C[C@]3(C)CC[C@H]2C3(C)C)ccc1O. The van der Waals surface area contributed by atoms with Crippen molar-refractivity contribution in [2.24, 2.45) is 16.7 Å². The fourth-order valence-electron chi connectivity index (χ4n) is 4.48. The third-order valence-electron chi connectivity index (χ3n) is 6.47. The van der Waals surface area contributed by atoms with E-state index in [4.69, 9.17) is 9.47 Å². The Balaban J connectivity index is 1.65. The number of rotatable bonds is 4. The third-order valence-corrected chi connectivity index (χ3v) is 6.47. The maximum Gasteiger partial charge on any atom is 0.331 e. The minimum Gasteiger partial charge on any atom is -0.504 e. The lowest BCUT2D eigenvalue weighted by atomic mass is 9.71. The number of phenols is 1. The molecule has 3 rings (SSSR count). The number of hydrogen-bond acceptors (Lipinski definition) is 4. The molecule has 2 aliphatic rings. The highest BCUT2D eigenvalue weighted by Crippen LogP contribution is 2.66. The lowest BCUT2D eigenvalue weighted by molar-refractivity contribution is -0.146. The van der Waals surface area contributed by atoms with E-state index in [0.717, 1.165) is 18.4 Å². The number of fused-ring (bicyclic) bond motifs is 2. The number of esters is 1. The van der Waals surface area contributed by atoms with Crippen LogP contribution in [0.4, 0.5) is 0 Å². The monoisotopic (exact) mass is 330 g/mol. The van der Waals surface area contributed by atoms with E-state index in [2.05, 4.69) is 20.8 Å². The Morgan fingerprint density at radius 1 is 1.33 bits per heavy atom. The van der Waals surface area contributed by atoms with Gasteiger partial charge < -0.3 is 14.6 Å². The van der Waals surface area contributed by atoms with Crippen LogP contribution in [0, 0.1) is 16.7 Å². The summed E-state index contributed by atoms with van der Waals surface area (Å²) in [7, 11) is 1.49. The van der Waals surface area contributed by atoms with E-state index in [-0.39, 0.29) is 28.7 Å². The molecule has 0 spiro atoms. The number of ether oxygens (including phenoxy) is 2. The zero-order valence-electron chi connectivity index (χ0n) is 14.8. The van der Waals surface area contributed by atoms with Gasteiger partial charge in [0, 0.05) is 12.0 Å². The average molecular weight is 330 g/mol. The highest BCUT2D eigenvalue weighted by atomic mass is 16.5. The summed E-state index contributed by atoms with van der Waals surface area (Å²) in [6.07, 6.45) is 6.47. The van der Waals surface area contributed by atoms with Gasteiger partial charge >= 0.3 is 5.97 Å². The van der Waals surface area contributed by atoms with Crippen LogP contribution >= 0.6 is 0 Å². The van der Waals surface area contributed by atoms with Gasteiger partial charge in [-0.15, -0.1) is 0 Å². The van der Waals surface area contributed by atoms with Crippen LogP contribution in [0.3, 0.4) is 0 Å². The molecule has 3 atom stereocenters. The van der Waals surface area contributed by atoms with Gasteiger partial charge in [0.25, 0.3) is 0 Å². The fraction of sp³-hybridized carbons (Fsp3) is 0.550. The normalized spacial score (nSPS) is 30.7. The summed E-state index contributed by atoms with van der Waals surface area (Å²) in [6.45, 7) is 6.92. The Hall–Kier alpha value is -1.97. The van der Waals surface area contributed by atoms with Crippen molar-refractivity contribution >= 4 is 12.0 Å². The molecule has 0 heterocycles. The number of benzene rings is 1. The first-order valence-electron chi connectivity index (χ1n) is 8.52. The smallest absolute Gasteiger partial charge is 0.331 e. The summed E-state index contributed by atoms with van der Waals surface area (Å²) in [4.78, 5) is 12.2. The van der Waals surface area contributed by atoms with Crippen LogP contribution in [0.2, 0.25) is 0 Å². The van der Waals surface area contributed by atoms with Crippen LogP contribution in [0.1, 0.15) is 45.6 Å². The van der Waals surface area contributed by atoms with E-state index in [1.807, 2.05) is 0 Å². The van der Waals surface area contributed by atoms with Crippen molar-refractivity contribution < 1.29 is 19.4 Å². The summed E-state index contributed by atoms with van der Waals surface area (Å²) in [6, 6.07) is 4.95. The van der Waals surface area contributed by atoms with E-state index in [9.17, 15) is 9.90 Å². The van der Waals surface area contributed by atoms with E-state index in [1.54, 1.807) is 24.3 Å². The Kier molecular flexibility index (Phi) is 4.10. The highest BCUT2D eigenvalue weighted by Gasteiger charge is 2.61. The van der Waals surface area contributed by atoms with Gasteiger partial charge in [-0.3, -0.25) is 0 Å². The van der Waals surface area contributed by atoms with E-state index < -0.39 is 0 Å². The molecule has 2 saturated carbocycles. The Morgan fingerprint density at radius 3 is 2.67 bits per heavy atom. The maximum atomic E-state index is 12.2. The minimum absolute atomic E-state index is 0.0188. The molecule has 0 radical (unpaired) electrons. The van der Waals surface area contributed by atoms with Gasteiger partial charge in [0.2, 0.25) is 0 Å². The van der Waals surface area contributed by atoms with Crippen molar-refractivity contribution in [3.63, 3.8) is 0 Å². The quantitative estimate of drug-likeness (QED) is 0.665. The first-order valence-corrected chi connectivity index (χ1v) is 8.52. The number of phenolic OH excluding ortho intramolecular Hbond substituents is 1. The molecule has 0 unspecified atom stereocenters. The van der Waals surface area contributed by atoms with E-state index in [0.29, 0.717) is 11.7 Å². The van der Waals surface area contributed by atoms with Crippen LogP contribution in [0.25, 0.3) is 6.08 Å². The molecule has 4 nitrogen and oxygen atoms in total. The van der Waals surface area contributed by atoms with Gasteiger partial charge in [-0.05, 0) is 53.9 Å². The summed E-state index contributed by atoms with van der Waals surface area (Å²) < 4.78 is 10.8. The zero-order valence-corrected chi connectivity index (χ0v) is 14.8. The molecule has 130 valence electrons. The maximum absolute atomic E-state index is 12.2. The molecule has 1 N–H and O–H groups in total. The average Bonchev–Trinajstić information content (AvgIpc) is 2.86. The van der Waals surface area contributed by atoms with E-state index in [1.165, 1.54) is 19.6 Å². The summed E-state index contributed by atoms with van der Waals surface area (Å²) in [5, 5.41) is 9.60. The molecule has 2 aliphatic carbocycles. The molecule has 0 aromatic heterocycles.